The van der Waals surface area contributed by atoms with Crippen LogP contribution in [0.4, 0.5) is 0 Å². The summed E-state index contributed by atoms with van der Waals surface area (Å²) in [6.07, 6.45) is 4.73. The van der Waals surface area contributed by atoms with E-state index in [1.807, 2.05) is 18.3 Å². The molecule has 0 unspecified atom stereocenters. The molecule has 1 aromatic heterocycles. The average molecular weight is 231 g/mol. The number of carbonyl (C=O) groups is 1. The number of fused-ring (bicyclic) bond motifs is 1. The molecule has 4 heteroatoms. The fourth-order valence-electron chi connectivity index (χ4n) is 1.99. The lowest BCUT2D eigenvalue weighted by Gasteiger charge is -2.02. The van der Waals surface area contributed by atoms with Gasteiger partial charge in [0.1, 0.15) is 0 Å². The van der Waals surface area contributed by atoms with Gasteiger partial charge in [-0.3, -0.25) is 4.79 Å². The zero-order valence-electron chi connectivity index (χ0n) is 9.70. The van der Waals surface area contributed by atoms with Crippen LogP contribution in [-0.4, -0.2) is 17.9 Å². The third kappa shape index (κ3) is 2.65. The highest BCUT2D eigenvalue weighted by Gasteiger charge is 2.04. The van der Waals surface area contributed by atoms with Gasteiger partial charge >= 0.3 is 0 Å². The average Bonchev–Trinajstić information content (AvgIpc) is 2.76. The van der Waals surface area contributed by atoms with Crippen molar-refractivity contribution in [2.75, 3.05) is 6.54 Å². The van der Waals surface area contributed by atoms with Crippen molar-refractivity contribution < 1.29 is 4.79 Å². The highest BCUT2D eigenvalue weighted by Crippen LogP contribution is 2.21. The zero-order chi connectivity index (χ0) is 12.1. The summed E-state index contributed by atoms with van der Waals surface area (Å²) >= 11 is 0. The molecule has 2 aromatic rings. The lowest BCUT2D eigenvalue weighted by molar-refractivity contribution is -0.109. The van der Waals surface area contributed by atoms with E-state index in [-0.39, 0.29) is 0 Å². The number of nitrogens with two attached hydrogens (primary N) is 1. The molecule has 0 aliphatic rings. The van der Waals surface area contributed by atoms with Crippen LogP contribution in [-0.2, 0) is 17.8 Å². The van der Waals surface area contributed by atoms with Crippen molar-refractivity contribution in [2.24, 2.45) is 5.73 Å². The molecular formula is C13H17N3O. The molecule has 0 aliphatic carbocycles. The molecular weight excluding hydrogens is 214 g/mol. The van der Waals surface area contributed by atoms with Gasteiger partial charge in [0.15, 0.2) is 0 Å². The Bertz CT molecular complexity index is 504. The van der Waals surface area contributed by atoms with E-state index in [2.05, 4.69) is 16.4 Å². The molecule has 0 radical (unpaired) electrons. The highest BCUT2D eigenvalue weighted by molar-refractivity contribution is 5.83. The molecule has 1 heterocycles. The van der Waals surface area contributed by atoms with Gasteiger partial charge in [-0.15, -0.1) is 0 Å². The van der Waals surface area contributed by atoms with E-state index < -0.39 is 0 Å². The molecule has 0 saturated carbocycles. The quantitative estimate of drug-likeness (QED) is 0.656. The second-order valence-electron chi connectivity index (χ2n) is 4.08. The van der Waals surface area contributed by atoms with Crippen molar-refractivity contribution in [2.45, 2.75) is 19.4 Å². The van der Waals surface area contributed by atoms with Crippen LogP contribution in [0.1, 0.15) is 17.5 Å². The summed E-state index contributed by atoms with van der Waals surface area (Å²) in [7, 11) is 0. The Morgan fingerprint density at radius 1 is 1.41 bits per heavy atom. The molecule has 17 heavy (non-hydrogen) atoms. The van der Waals surface area contributed by atoms with E-state index in [0.717, 1.165) is 30.3 Å². The lowest BCUT2D eigenvalue weighted by Crippen LogP contribution is -2.09. The fraction of sp³-hybridized carbons (Fsp3) is 0.308. The Hall–Kier alpha value is -1.81. The van der Waals surface area contributed by atoms with E-state index in [1.54, 1.807) is 0 Å². The molecule has 1 amide bonds. The van der Waals surface area contributed by atoms with Crippen LogP contribution < -0.4 is 11.1 Å². The van der Waals surface area contributed by atoms with Gasteiger partial charge in [-0.05, 0) is 42.6 Å². The summed E-state index contributed by atoms with van der Waals surface area (Å²) < 4.78 is 0. The maximum atomic E-state index is 10.3. The number of aromatic amines is 1. The molecule has 4 N–H and O–H groups in total. The maximum Gasteiger partial charge on any atom is 0.207 e. The van der Waals surface area contributed by atoms with Crippen molar-refractivity contribution in [3.63, 3.8) is 0 Å². The third-order valence-corrected chi connectivity index (χ3v) is 2.87. The molecule has 0 spiro atoms. The van der Waals surface area contributed by atoms with Crippen molar-refractivity contribution in [1.82, 2.24) is 10.3 Å². The van der Waals surface area contributed by atoms with Crippen LogP contribution in [0.25, 0.3) is 10.9 Å². The molecule has 2 rings (SSSR count). The number of amides is 1. The summed E-state index contributed by atoms with van der Waals surface area (Å²) in [5, 5.41) is 3.90. The third-order valence-electron chi connectivity index (χ3n) is 2.87. The number of rotatable bonds is 6. The Balaban J connectivity index is 2.26. The summed E-state index contributed by atoms with van der Waals surface area (Å²) in [5.41, 5.74) is 9.06. The Morgan fingerprint density at radius 3 is 3.06 bits per heavy atom. The molecule has 0 aliphatic heterocycles. The maximum absolute atomic E-state index is 10.3. The highest BCUT2D eigenvalue weighted by atomic mass is 16.1. The van der Waals surface area contributed by atoms with Gasteiger partial charge in [-0.2, -0.15) is 0 Å². The number of carbonyl (C=O) groups excluding carboxylic acids is 1. The van der Waals surface area contributed by atoms with Crippen molar-refractivity contribution in [1.29, 1.82) is 0 Å². The standard InChI is InChI=1S/C13H17N3O/c14-5-1-2-11-8-16-13-4-3-10(6-12(11)13)7-15-9-17/h3-4,6,8-9,16H,1-2,5,7,14H2,(H,15,17). The van der Waals surface area contributed by atoms with Crippen LogP contribution in [0.5, 0.6) is 0 Å². The van der Waals surface area contributed by atoms with Crippen LogP contribution in [0.3, 0.4) is 0 Å². The monoisotopic (exact) mass is 231 g/mol. The Kier molecular flexibility index (Phi) is 3.77. The first kappa shape index (κ1) is 11.7. The summed E-state index contributed by atoms with van der Waals surface area (Å²) in [4.78, 5) is 13.5. The largest absolute Gasteiger partial charge is 0.361 e. The molecule has 4 nitrogen and oxygen atoms in total. The van der Waals surface area contributed by atoms with Crippen LogP contribution in [0.15, 0.2) is 24.4 Å². The first-order valence-corrected chi connectivity index (χ1v) is 5.81. The number of H-pyrrole nitrogens is 1. The normalized spacial score (nSPS) is 10.6. The van der Waals surface area contributed by atoms with Gasteiger partial charge in [-0.1, -0.05) is 6.07 Å². The number of aromatic nitrogens is 1. The van der Waals surface area contributed by atoms with E-state index in [1.165, 1.54) is 10.9 Å². The zero-order valence-corrected chi connectivity index (χ0v) is 9.70. The first-order chi connectivity index (χ1) is 8.35. The second-order valence-corrected chi connectivity index (χ2v) is 4.08. The smallest absolute Gasteiger partial charge is 0.207 e. The minimum Gasteiger partial charge on any atom is -0.361 e. The number of hydrogen-bond donors (Lipinski definition) is 3. The molecule has 1 aromatic carbocycles. The van der Waals surface area contributed by atoms with Gasteiger partial charge < -0.3 is 16.0 Å². The second kappa shape index (κ2) is 5.50. The van der Waals surface area contributed by atoms with E-state index in [4.69, 9.17) is 5.73 Å². The van der Waals surface area contributed by atoms with E-state index >= 15 is 0 Å². The van der Waals surface area contributed by atoms with Gasteiger partial charge in [0.05, 0.1) is 0 Å². The Labute approximate surface area is 100 Å². The summed E-state index contributed by atoms with van der Waals surface area (Å²) in [6.45, 7) is 1.28. The number of benzene rings is 1. The van der Waals surface area contributed by atoms with E-state index in [0.29, 0.717) is 13.1 Å². The van der Waals surface area contributed by atoms with Crippen LogP contribution in [0, 0.1) is 0 Å². The van der Waals surface area contributed by atoms with Crippen LogP contribution >= 0.6 is 0 Å². The SMILES string of the molecule is NCCCc1c[nH]c2ccc(CNC=O)cc12. The summed E-state index contributed by atoms with van der Waals surface area (Å²) in [6, 6.07) is 6.18. The summed E-state index contributed by atoms with van der Waals surface area (Å²) in [5.74, 6) is 0. The van der Waals surface area contributed by atoms with Gasteiger partial charge in [0, 0.05) is 23.6 Å². The van der Waals surface area contributed by atoms with Crippen molar-refractivity contribution in [3.05, 3.63) is 35.5 Å². The Morgan fingerprint density at radius 2 is 2.29 bits per heavy atom. The molecule has 0 saturated heterocycles. The number of nitrogens with one attached hydrogen (secondary N) is 2. The first-order valence-electron chi connectivity index (χ1n) is 5.81. The lowest BCUT2D eigenvalue weighted by atomic mass is 10.1. The predicted molar refractivity (Wildman–Crippen MR) is 68.6 cm³/mol. The molecule has 0 atom stereocenters. The minimum atomic E-state index is 0.570. The molecule has 90 valence electrons. The number of hydrogen-bond acceptors (Lipinski definition) is 2. The molecule has 0 bridgehead atoms. The van der Waals surface area contributed by atoms with Gasteiger partial charge in [-0.25, -0.2) is 0 Å². The van der Waals surface area contributed by atoms with Crippen LogP contribution in [0.2, 0.25) is 0 Å². The minimum absolute atomic E-state index is 0.570. The fourth-order valence-corrected chi connectivity index (χ4v) is 1.99. The molecule has 0 fully saturated rings. The predicted octanol–water partition coefficient (Wildman–Crippen LogP) is 1.31. The van der Waals surface area contributed by atoms with Crippen molar-refractivity contribution in [3.8, 4) is 0 Å². The van der Waals surface area contributed by atoms with Gasteiger partial charge in [0.25, 0.3) is 0 Å². The van der Waals surface area contributed by atoms with Gasteiger partial charge in [0.2, 0.25) is 6.41 Å². The van der Waals surface area contributed by atoms with Crippen molar-refractivity contribution >= 4 is 17.3 Å². The topological polar surface area (TPSA) is 70.9 Å². The van der Waals surface area contributed by atoms with E-state index in [9.17, 15) is 4.79 Å². The number of aryl methyl sites for hydroxylation is 1.